The van der Waals surface area contributed by atoms with E-state index in [1.54, 1.807) is 11.3 Å². The topological polar surface area (TPSA) is 49.4 Å². The largest absolute Gasteiger partial charge is 0.297 e. The van der Waals surface area contributed by atoms with E-state index < -0.39 is 0 Å². The molecule has 20 heavy (non-hydrogen) atoms. The second kappa shape index (κ2) is 5.30. The van der Waals surface area contributed by atoms with Crippen LogP contribution < -0.4 is 5.32 Å². The molecule has 1 aliphatic carbocycles. The van der Waals surface area contributed by atoms with Crippen LogP contribution in [0.5, 0.6) is 0 Å². The molecule has 0 radical (unpaired) electrons. The van der Waals surface area contributed by atoms with Gasteiger partial charge in [0, 0.05) is 17.0 Å². The van der Waals surface area contributed by atoms with Crippen LogP contribution in [0.2, 0.25) is 0 Å². The molecule has 0 bridgehead atoms. The maximum atomic E-state index is 12.4. The molecule has 4 nitrogen and oxygen atoms in total. The summed E-state index contributed by atoms with van der Waals surface area (Å²) >= 11 is 1.69. The first-order chi connectivity index (χ1) is 9.58. The Bertz CT molecular complexity index is 508. The maximum absolute atomic E-state index is 12.4. The van der Waals surface area contributed by atoms with Crippen LogP contribution in [0.4, 0.5) is 0 Å². The molecule has 2 unspecified atom stereocenters. The van der Waals surface area contributed by atoms with Gasteiger partial charge in [-0.15, -0.1) is 11.3 Å². The second-order valence-corrected chi connectivity index (χ2v) is 6.97. The van der Waals surface area contributed by atoms with Gasteiger partial charge in [0.25, 0.3) is 0 Å². The highest BCUT2D eigenvalue weighted by atomic mass is 32.1. The fraction of sp³-hybridized carbons (Fsp3) is 0.600. The van der Waals surface area contributed by atoms with Crippen molar-refractivity contribution in [3.05, 3.63) is 22.4 Å². The summed E-state index contributed by atoms with van der Waals surface area (Å²) in [5, 5.41) is 5.46. The van der Waals surface area contributed by atoms with E-state index in [0.717, 1.165) is 12.8 Å². The summed E-state index contributed by atoms with van der Waals surface area (Å²) < 4.78 is 0. The van der Waals surface area contributed by atoms with Gasteiger partial charge in [0.2, 0.25) is 11.8 Å². The summed E-state index contributed by atoms with van der Waals surface area (Å²) in [6.07, 6.45) is 2.26. The number of hydrogen-bond donors (Lipinski definition) is 1. The molecule has 2 atom stereocenters. The SMILES string of the molecule is CC(C)C(NC1CC(=O)N(C2CC2)C1=O)c1cccs1. The smallest absolute Gasteiger partial charge is 0.247 e. The number of hydrogen-bond acceptors (Lipinski definition) is 4. The Morgan fingerprint density at radius 2 is 2.10 bits per heavy atom. The van der Waals surface area contributed by atoms with Gasteiger partial charge in [-0.3, -0.25) is 19.8 Å². The molecule has 2 amide bonds. The normalized spacial score (nSPS) is 24.8. The Morgan fingerprint density at radius 1 is 1.35 bits per heavy atom. The zero-order valence-corrected chi connectivity index (χ0v) is 12.7. The molecule has 2 fully saturated rings. The van der Waals surface area contributed by atoms with Crippen molar-refractivity contribution < 1.29 is 9.59 Å². The van der Waals surface area contributed by atoms with Crippen LogP contribution in [-0.2, 0) is 9.59 Å². The number of carbonyl (C=O) groups excluding carboxylic acids is 2. The molecule has 3 rings (SSSR count). The van der Waals surface area contributed by atoms with Crippen LogP contribution in [0, 0.1) is 5.92 Å². The summed E-state index contributed by atoms with van der Waals surface area (Å²) in [6, 6.07) is 4.08. The van der Waals surface area contributed by atoms with Gasteiger partial charge in [0.1, 0.15) is 0 Å². The standard InChI is InChI=1S/C15H20N2O2S/c1-9(2)14(12-4-3-7-20-12)16-11-8-13(18)17(15(11)19)10-5-6-10/h3-4,7,9-11,14,16H,5-6,8H2,1-2H3. The zero-order valence-electron chi connectivity index (χ0n) is 11.8. The summed E-state index contributed by atoms with van der Waals surface area (Å²) in [7, 11) is 0. The number of amides is 2. The number of nitrogens with one attached hydrogen (secondary N) is 1. The number of thiophene rings is 1. The molecule has 1 aromatic heterocycles. The third-order valence-corrected chi connectivity index (χ3v) is 4.95. The van der Waals surface area contributed by atoms with Crippen molar-refractivity contribution in [3.63, 3.8) is 0 Å². The van der Waals surface area contributed by atoms with E-state index in [1.165, 1.54) is 9.78 Å². The Balaban J connectivity index is 1.73. The molecule has 108 valence electrons. The Labute approximate surface area is 123 Å². The van der Waals surface area contributed by atoms with Crippen LogP contribution in [0.1, 0.15) is 44.0 Å². The molecule has 2 heterocycles. The molecular weight excluding hydrogens is 272 g/mol. The first-order valence-corrected chi connectivity index (χ1v) is 8.11. The highest BCUT2D eigenvalue weighted by Crippen LogP contribution is 2.33. The Kier molecular flexibility index (Phi) is 3.65. The summed E-state index contributed by atoms with van der Waals surface area (Å²) in [6.45, 7) is 4.27. The average molecular weight is 292 g/mol. The first-order valence-electron chi connectivity index (χ1n) is 7.23. The number of rotatable bonds is 5. The molecule has 0 spiro atoms. The fourth-order valence-corrected chi connectivity index (χ4v) is 3.74. The third-order valence-electron chi connectivity index (χ3n) is 3.99. The van der Waals surface area contributed by atoms with Gasteiger partial charge < -0.3 is 0 Å². The molecular formula is C15H20N2O2S. The van der Waals surface area contributed by atoms with Crippen molar-refractivity contribution in [2.24, 2.45) is 5.92 Å². The molecule has 1 saturated carbocycles. The fourth-order valence-electron chi connectivity index (χ4n) is 2.79. The predicted molar refractivity (Wildman–Crippen MR) is 78.3 cm³/mol. The lowest BCUT2D eigenvalue weighted by atomic mass is 10.0. The van der Waals surface area contributed by atoms with Crippen LogP contribution in [0.3, 0.4) is 0 Å². The van der Waals surface area contributed by atoms with E-state index in [1.807, 2.05) is 11.4 Å². The quantitative estimate of drug-likeness (QED) is 0.847. The highest BCUT2D eigenvalue weighted by molar-refractivity contribution is 7.10. The predicted octanol–water partition coefficient (Wildman–Crippen LogP) is 2.32. The van der Waals surface area contributed by atoms with Gasteiger partial charge in [-0.2, -0.15) is 0 Å². The van der Waals surface area contributed by atoms with Crippen LogP contribution in [0.25, 0.3) is 0 Å². The van der Waals surface area contributed by atoms with Gasteiger partial charge in [-0.25, -0.2) is 0 Å². The second-order valence-electron chi connectivity index (χ2n) is 5.99. The minimum Gasteiger partial charge on any atom is -0.297 e. The van der Waals surface area contributed by atoms with E-state index in [9.17, 15) is 9.59 Å². The van der Waals surface area contributed by atoms with Gasteiger partial charge in [0.15, 0.2) is 0 Å². The number of nitrogens with zero attached hydrogens (tertiary/aromatic N) is 1. The summed E-state index contributed by atoms with van der Waals surface area (Å²) in [5.74, 6) is 0.343. The van der Waals surface area contributed by atoms with Crippen molar-refractivity contribution in [3.8, 4) is 0 Å². The number of carbonyl (C=O) groups is 2. The molecule has 1 saturated heterocycles. The van der Waals surface area contributed by atoms with Crippen molar-refractivity contribution in [2.75, 3.05) is 0 Å². The van der Waals surface area contributed by atoms with Crippen molar-refractivity contribution in [1.29, 1.82) is 0 Å². The third kappa shape index (κ3) is 2.52. The van der Waals surface area contributed by atoms with Crippen molar-refractivity contribution in [1.82, 2.24) is 10.2 Å². The monoisotopic (exact) mass is 292 g/mol. The molecule has 2 aliphatic rings. The number of imide groups is 1. The lowest BCUT2D eigenvalue weighted by Gasteiger charge is -2.24. The molecule has 1 aliphatic heterocycles. The number of likely N-dealkylation sites (tertiary alicyclic amines) is 1. The van der Waals surface area contributed by atoms with Gasteiger partial charge in [-0.1, -0.05) is 19.9 Å². The molecule has 1 aromatic rings. The van der Waals surface area contributed by atoms with E-state index in [4.69, 9.17) is 0 Å². The van der Waals surface area contributed by atoms with Crippen LogP contribution in [-0.4, -0.2) is 28.8 Å². The van der Waals surface area contributed by atoms with Gasteiger partial charge >= 0.3 is 0 Å². The van der Waals surface area contributed by atoms with Gasteiger partial charge in [0.05, 0.1) is 12.5 Å². The lowest BCUT2D eigenvalue weighted by molar-refractivity contribution is -0.139. The average Bonchev–Trinajstić information content (AvgIpc) is 2.99. The first kappa shape index (κ1) is 13.8. The molecule has 1 N–H and O–H groups in total. The van der Waals surface area contributed by atoms with Crippen molar-refractivity contribution >= 4 is 23.2 Å². The van der Waals surface area contributed by atoms with E-state index in [0.29, 0.717) is 12.3 Å². The van der Waals surface area contributed by atoms with E-state index in [-0.39, 0.29) is 29.9 Å². The van der Waals surface area contributed by atoms with Crippen LogP contribution in [0.15, 0.2) is 17.5 Å². The maximum Gasteiger partial charge on any atom is 0.247 e. The van der Waals surface area contributed by atoms with E-state index >= 15 is 0 Å². The minimum absolute atomic E-state index is 0.0105. The Hall–Kier alpha value is -1.20. The minimum atomic E-state index is -0.349. The van der Waals surface area contributed by atoms with Crippen molar-refractivity contribution in [2.45, 2.75) is 51.2 Å². The van der Waals surface area contributed by atoms with Gasteiger partial charge in [-0.05, 0) is 30.2 Å². The van der Waals surface area contributed by atoms with E-state index in [2.05, 4.69) is 25.2 Å². The molecule has 0 aromatic carbocycles. The molecule has 5 heteroatoms. The van der Waals surface area contributed by atoms with Crippen LogP contribution >= 0.6 is 11.3 Å². The highest BCUT2D eigenvalue weighted by Gasteiger charge is 2.46. The summed E-state index contributed by atoms with van der Waals surface area (Å²) in [4.78, 5) is 27.1. The summed E-state index contributed by atoms with van der Waals surface area (Å²) in [5.41, 5.74) is 0. The zero-order chi connectivity index (χ0) is 14.3. The Morgan fingerprint density at radius 3 is 2.65 bits per heavy atom. The lowest BCUT2D eigenvalue weighted by Crippen LogP contribution is -2.42.